The molecule has 0 saturated heterocycles. The summed E-state index contributed by atoms with van der Waals surface area (Å²) in [6.07, 6.45) is 7.66. The van der Waals surface area contributed by atoms with Crippen molar-refractivity contribution in [1.29, 1.82) is 0 Å². The molecule has 0 spiro atoms. The van der Waals surface area contributed by atoms with Crippen LogP contribution in [0.5, 0.6) is 0 Å². The van der Waals surface area contributed by atoms with Crippen LogP contribution in [-0.4, -0.2) is 25.6 Å². The topological polar surface area (TPSA) is 67.7 Å². The number of aryl methyl sites for hydroxylation is 1. The Balaban J connectivity index is 1.63. The molecule has 1 saturated carbocycles. The van der Waals surface area contributed by atoms with Crippen molar-refractivity contribution in [3.05, 3.63) is 54.6 Å². The highest BCUT2D eigenvalue weighted by Gasteiger charge is 2.21. The fourth-order valence-corrected chi connectivity index (χ4v) is 2.41. The number of hydrogen-bond acceptors (Lipinski definition) is 5. The molecular formula is C17H18N6. The lowest BCUT2D eigenvalue weighted by atomic mass is 10.2. The third-order valence-corrected chi connectivity index (χ3v) is 3.86. The summed E-state index contributed by atoms with van der Waals surface area (Å²) in [5.41, 5.74) is 2.20. The Kier molecular flexibility index (Phi) is 3.42. The first kappa shape index (κ1) is 13.8. The van der Waals surface area contributed by atoms with E-state index >= 15 is 0 Å². The van der Waals surface area contributed by atoms with E-state index in [0.29, 0.717) is 6.04 Å². The van der Waals surface area contributed by atoms with Gasteiger partial charge in [0, 0.05) is 30.2 Å². The lowest BCUT2D eigenvalue weighted by molar-refractivity contribution is 0.970. The quantitative estimate of drug-likeness (QED) is 0.757. The highest BCUT2D eigenvalue weighted by atomic mass is 15.2. The van der Waals surface area contributed by atoms with E-state index in [1.54, 1.807) is 12.5 Å². The van der Waals surface area contributed by atoms with Crippen molar-refractivity contribution in [2.45, 2.75) is 25.8 Å². The van der Waals surface area contributed by atoms with Gasteiger partial charge in [-0.1, -0.05) is 18.2 Å². The van der Waals surface area contributed by atoms with Crippen molar-refractivity contribution < 1.29 is 0 Å². The molecule has 1 fully saturated rings. The fraction of sp³-hybridized carbons (Fsp3) is 0.235. The fourth-order valence-electron chi connectivity index (χ4n) is 2.41. The summed E-state index contributed by atoms with van der Waals surface area (Å²) in [4.78, 5) is 13.0. The van der Waals surface area contributed by atoms with Gasteiger partial charge in [-0.3, -0.25) is 4.57 Å². The third-order valence-electron chi connectivity index (χ3n) is 3.86. The molecule has 4 rings (SSSR count). The lowest BCUT2D eigenvalue weighted by Gasteiger charge is -2.12. The van der Waals surface area contributed by atoms with E-state index < -0.39 is 0 Å². The first-order valence-electron chi connectivity index (χ1n) is 7.74. The minimum absolute atomic E-state index is 0.560. The van der Waals surface area contributed by atoms with Crippen LogP contribution in [0.15, 0.2) is 49.1 Å². The molecule has 1 aliphatic carbocycles. The van der Waals surface area contributed by atoms with E-state index in [0.717, 1.165) is 23.3 Å². The SMILES string of the molecule is Cc1ccccc1Nc1nccn1-c1cc(NC2CC2)ncn1. The zero-order chi connectivity index (χ0) is 15.6. The smallest absolute Gasteiger partial charge is 0.213 e. The molecule has 0 amide bonds. The van der Waals surface area contributed by atoms with Gasteiger partial charge < -0.3 is 10.6 Å². The van der Waals surface area contributed by atoms with Crippen LogP contribution >= 0.6 is 0 Å². The molecule has 2 N–H and O–H groups in total. The summed E-state index contributed by atoms with van der Waals surface area (Å²) in [5.74, 6) is 2.38. The van der Waals surface area contributed by atoms with E-state index in [1.165, 1.54) is 18.4 Å². The standard InChI is InChI=1S/C17H18N6/c1-12-4-2-3-5-14(12)22-17-18-8-9-23(17)16-10-15(19-11-20-16)21-13-6-7-13/h2-5,8-11,13H,6-7H2,1H3,(H,18,22)(H,19,20,21). The summed E-state index contributed by atoms with van der Waals surface area (Å²) in [5, 5.41) is 6.75. The average Bonchev–Trinajstić information content (AvgIpc) is 3.25. The van der Waals surface area contributed by atoms with Crippen molar-refractivity contribution in [3.8, 4) is 5.82 Å². The predicted octanol–water partition coefficient (Wildman–Crippen LogP) is 3.29. The molecule has 2 aromatic heterocycles. The zero-order valence-corrected chi connectivity index (χ0v) is 12.9. The summed E-state index contributed by atoms with van der Waals surface area (Å²) >= 11 is 0. The number of benzene rings is 1. The lowest BCUT2D eigenvalue weighted by Crippen LogP contribution is -2.07. The van der Waals surface area contributed by atoms with E-state index in [-0.39, 0.29) is 0 Å². The molecule has 116 valence electrons. The van der Waals surface area contributed by atoms with Gasteiger partial charge in [-0.15, -0.1) is 0 Å². The summed E-state index contributed by atoms with van der Waals surface area (Å²) in [6.45, 7) is 2.07. The Morgan fingerprint density at radius 2 is 2.00 bits per heavy atom. The van der Waals surface area contributed by atoms with Gasteiger partial charge >= 0.3 is 0 Å². The molecule has 2 heterocycles. The molecule has 6 nitrogen and oxygen atoms in total. The summed E-state index contributed by atoms with van der Waals surface area (Å²) in [6, 6.07) is 10.6. The van der Waals surface area contributed by atoms with Crippen LogP contribution in [0.1, 0.15) is 18.4 Å². The van der Waals surface area contributed by atoms with Crippen LogP contribution in [0.25, 0.3) is 5.82 Å². The van der Waals surface area contributed by atoms with Crippen LogP contribution in [0.3, 0.4) is 0 Å². The maximum absolute atomic E-state index is 4.40. The number of nitrogens with one attached hydrogen (secondary N) is 2. The second-order valence-corrected chi connectivity index (χ2v) is 5.74. The molecule has 0 atom stereocenters. The normalized spacial score (nSPS) is 13.8. The van der Waals surface area contributed by atoms with Gasteiger partial charge in [0.2, 0.25) is 5.95 Å². The average molecular weight is 306 g/mol. The van der Waals surface area contributed by atoms with Gasteiger partial charge in [0.15, 0.2) is 0 Å². The molecule has 6 heteroatoms. The second kappa shape index (κ2) is 5.72. The molecule has 0 radical (unpaired) electrons. The van der Waals surface area contributed by atoms with Crippen molar-refractivity contribution >= 4 is 17.5 Å². The number of aromatic nitrogens is 4. The van der Waals surface area contributed by atoms with Gasteiger partial charge in [0.25, 0.3) is 0 Å². The Hall–Kier alpha value is -2.89. The summed E-state index contributed by atoms with van der Waals surface area (Å²) in [7, 11) is 0. The molecule has 3 aromatic rings. The Morgan fingerprint density at radius 1 is 1.13 bits per heavy atom. The molecule has 0 unspecified atom stereocenters. The van der Waals surface area contributed by atoms with Crippen molar-refractivity contribution in [3.63, 3.8) is 0 Å². The maximum atomic E-state index is 4.40. The maximum Gasteiger partial charge on any atom is 0.213 e. The number of imidazole rings is 1. The van der Waals surface area contributed by atoms with Crippen LogP contribution in [0.4, 0.5) is 17.5 Å². The second-order valence-electron chi connectivity index (χ2n) is 5.74. The summed E-state index contributed by atoms with van der Waals surface area (Å²) < 4.78 is 1.92. The van der Waals surface area contributed by atoms with Gasteiger partial charge in [0.05, 0.1) is 0 Å². The van der Waals surface area contributed by atoms with Gasteiger partial charge in [0.1, 0.15) is 18.0 Å². The van der Waals surface area contributed by atoms with Crippen LogP contribution in [-0.2, 0) is 0 Å². The molecule has 0 aliphatic heterocycles. The molecule has 1 aliphatic rings. The van der Waals surface area contributed by atoms with Crippen molar-refractivity contribution in [2.24, 2.45) is 0 Å². The first-order valence-corrected chi connectivity index (χ1v) is 7.74. The van der Waals surface area contributed by atoms with Crippen molar-refractivity contribution in [2.75, 3.05) is 10.6 Å². The predicted molar refractivity (Wildman–Crippen MR) is 90.3 cm³/mol. The Morgan fingerprint density at radius 3 is 2.83 bits per heavy atom. The van der Waals surface area contributed by atoms with E-state index in [2.05, 4.69) is 38.6 Å². The molecular weight excluding hydrogens is 288 g/mol. The number of hydrogen-bond donors (Lipinski definition) is 2. The molecule has 23 heavy (non-hydrogen) atoms. The highest BCUT2D eigenvalue weighted by Crippen LogP contribution is 2.25. The molecule has 0 bridgehead atoms. The van der Waals surface area contributed by atoms with E-state index in [9.17, 15) is 0 Å². The van der Waals surface area contributed by atoms with E-state index in [4.69, 9.17) is 0 Å². The Labute approximate surface area is 134 Å². The molecule has 1 aromatic carbocycles. The van der Waals surface area contributed by atoms with Crippen LogP contribution in [0, 0.1) is 6.92 Å². The van der Waals surface area contributed by atoms with Crippen LogP contribution < -0.4 is 10.6 Å². The number of rotatable bonds is 5. The number of anilines is 3. The van der Waals surface area contributed by atoms with Crippen LogP contribution in [0.2, 0.25) is 0 Å². The number of para-hydroxylation sites is 1. The number of nitrogens with zero attached hydrogens (tertiary/aromatic N) is 4. The van der Waals surface area contributed by atoms with Gasteiger partial charge in [-0.2, -0.15) is 0 Å². The monoisotopic (exact) mass is 306 g/mol. The third kappa shape index (κ3) is 3.01. The minimum atomic E-state index is 0.560. The van der Waals surface area contributed by atoms with Gasteiger partial charge in [-0.25, -0.2) is 15.0 Å². The minimum Gasteiger partial charge on any atom is -0.367 e. The largest absolute Gasteiger partial charge is 0.367 e. The van der Waals surface area contributed by atoms with Gasteiger partial charge in [-0.05, 0) is 31.4 Å². The Bertz CT molecular complexity index is 821. The van der Waals surface area contributed by atoms with E-state index in [1.807, 2.05) is 35.0 Å². The highest BCUT2D eigenvalue weighted by molar-refractivity contribution is 5.59. The zero-order valence-electron chi connectivity index (χ0n) is 12.9. The van der Waals surface area contributed by atoms with Crippen molar-refractivity contribution in [1.82, 2.24) is 19.5 Å². The first-order chi connectivity index (χ1) is 11.3.